The second kappa shape index (κ2) is 8.49. The van der Waals surface area contributed by atoms with E-state index in [4.69, 9.17) is 4.74 Å². The lowest BCUT2D eigenvalue weighted by Crippen LogP contribution is -2.27. The summed E-state index contributed by atoms with van der Waals surface area (Å²) in [6.45, 7) is 5.66. The normalized spacial score (nSPS) is 13.5. The average molecular weight is 404 g/mol. The van der Waals surface area contributed by atoms with Gasteiger partial charge < -0.3 is 9.64 Å². The smallest absolute Gasteiger partial charge is 0.340 e. The SMILES string of the molecule is Cc1cc(C)n(-c2ccc(C(=O)OCc3ccc(C(=O)N4CCCC4)cc3)cn2)n1. The molecular weight excluding hydrogens is 380 g/mol. The molecule has 0 unspecified atom stereocenters. The highest BCUT2D eigenvalue weighted by Crippen LogP contribution is 2.15. The number of aryl methyl sites for hydroxylation is 2. The number of likely N-dealkylation sites (tertiary alicyclic amines) is 1. The van der Waals surface area contributed by atoms with Crippen LogP contribution in [0.1, 0.15) is 50.5 Å². The Morgan fingerprint density at radius 2 is 1.70 bits per heavy atom. The first-order chi connectivity index (χ1) is 14.5. The molecule has 7 heteroatoms. The Morgan fingerprint density at radius 3 is 2.30 bits per heavy atom. The third-order valence-corrected chi connectivity index (χ3v) is 5.17. The number of carbonyl (C=O) groups excluding carboxylic acids is 2. The molecule has 1 fully saturated rings. The largest absolute Gasteiger partial charge is 0.457 e. The average Bonchev–Trinajstić information content (AvgIpc) is 3.41. The van der Waals surface area contributed by atoms with Gasteiger partial charge in [0.15, 0.2) is 5.82 Å². The molecule has 1 aromatic carbocycles. The van der Waals surface area contributed by atoms with Gasteiger partial charge in [0.2, 0.25) is 0 Å². The van der Waals surface area contributed by atoms with E-state index in [-0.39, 0.29) is 12.5 Å². The summed E-state index contributed by atoms with van der Waals surface area (Å²) < 4.78 is 7.12. The Morgan fingerprint density at radius 1 is 1.00 bits per heavy atom. The minimum Gasteiger partial charge on any atom is -0.457 e. The van der Waals surface area contributed by atoms with Gasteiger partial charge in [-0.2, -0.15) is 5.10 Å². The molecule has 0 saturated carbocycles. The summed E-state index contributed by atoms with van der Waals surface area (Å²) in [6, 6.07) is 12.6. The third-order valence-electron chi connectivity index (χ3n) is 5.17. The fourth-order valence-corrected chi connectivity index (χ4v) is 3.57. The molecule has 7 nitrogen and oxygen atoms in total. The minimum atomic E-state index is -0.445. The molecule has 30 heavy (non-hydrogen) atoms. The van der Waals surface area contributed by atoms with Crippen molar-refractivity contribution in [2.45, 2.75) is 33.3 Å². The number of nitrogens with zero attached hydrogens (tertiary/aromatic N) is 4. The van der Waals surface area contributed by atoms with E-state index in [2.05, 4.69) is 10.1 Å². The van der Waals surface area contributed by atoms with Gasteiger partial charge in [-0.25, -0.2) is 14.5 Å². The highest BCUT2D eigenvalue weighted by molar-refractivity contribution is 5.94. The highest BCUT2D eigenvalue weighted by Gasteiger charge is 2.19. The number of amides is 1. The molecule has 0 N–H and O–H groups in total. The lowest BCUT2D eigenvalue weighted by molar-refractivity contribution is 0.0472. The number of hydrogen-bond acceptors (Lipinski definition) is 5. The molecule has 3 heterocycles. The van der Waals surface area contributed by atoms with Gasteiger partial charge in [-0.15, -0.1) is 0 Å². The molecule has 0 radical (unpaired) electrons. The van der Waals surface area contributed by atoms with Gasteiger partial charge in [-0.05, 0) is 62.6 Å². The zero-order valence-corrected chi connectivity index (χ0v) is 17.2. The van der Waals surface area contributed by atoms with Crippen LogP contribution in [0.3, 0.4) is 0 Å². The van der Waals surface area contributed by atoms with Crippen molar-refractivity contribution in [3.63, 3.8) is 0 Å². The van der Waals surface area contributed by atoms with Gasteiger partial charge in [-0.1, -0.05) is 12.1 Å². The van der Waals surface area contributed by atoms with Crippen molar-refractivity contribution < 1.29 is 14.3 Å². The number of pyridine rings is 1. The fraction of sp³-hybridized carbons (Fsp3) is 0.304. The molecule has 1 aliphatic heterocycles. The van der Waals surface area contributed by atoms with Gasteiger partial charge in [0, 0.05) is 30.5 Å². The molecule has 0 atom stereocenters. The van der Waals surface area contributed by atoms with Crippen molar-refractivity contribution in [1.29, 1.82) is 0 Å². The number of carbonyl (C=O) groups is 2. The summed E-state index contributed by atoms with van der Waals surface area (Å²) in [7, 11) is 0. The maximum Gasteiger partial charge on any atom is 0.340 e. The van der Waals surface area contributed by atoms with Crippen molar-refractivity contribution in [3.8, 4) is 5.82 Å². The number of hydrogen-bond donors (Lipinski definition) is 0. The van der Waals surface area contributed by atoms with Gasteiger partial charge in [0.25, 0.3) is 5.91 Å². The fourth-order valence-electron chi connectivity index (χ4n) is 3.57. The summed E-state index contributed by atoms with van der Waals surface area (Å²) >= 11 is 0. The molecular formula is C23H24N4O3. The van der Waals surface area contributed by atoms with Crippen LogP contribution in [0.2, 0.25) is 0 Å². The predicted molar refractivity (Wildman–Crippen MR) is 112 cm³/mol. The highest BCUT2D eigenvalue weighted by atomic mass is 16.5. The van der Waals surface area contributed by atoms with E-state index in [9.17, 15) is 9.59 Å². The molecule has 154 valence electrons. The van der Waals surface area contributed by atoms with E-state index in [1.165, 1.54) is 6.20 Å². The van der Waals surface area contributed by atoms with Gasteiger partial charge in [-0.3, -0.25) is 4.79 Å². The van der Waals surface area contributed by atoms with E-state index in [1.54, 1.807) is 28.9 Å². The number of benzene rings is 1. The number of esters is 1. The summed E-state index contributed by atoms with van der Waals surface area (Å²) in [6.07, 6.45) is 3.62. The Labute approximate surface area is 175 Å². The van der Waals surface area contributed by atoms with Crippen LogP contribution in [0.4, 0.5) is 0 Å². The zero-order valence-electron chi connectivity index (χ0n) is 17.2. The van der Waals surface area contributed by atoms with E-state index >= 15 is 0 Å². The van der Waals surface area contributed by atoms with Crippen LogP contribution >= 0.6 is 0 Å². The summed E-state index contributed by atoms with van der Waals surface area (Å²) in [5.41, 5.74) is 3.75. The van der Waals surface area contributed by atoms with Gasteiger partial charge in [0.05, 0.1) is 11.3 Å². The van der Waals surface area contributed by atoms with Crippen molar-refractivity contribution in [2.24, 2.45) is 0 Å². The lowest BCUT2D eigenvalue weighted by atomic mass is 10.1. The Bertz CT molecular complexity index is 1050. The van der Waals surface area contributed by atoms with Crippen LogP contribution in [-0.2, 0) is 11.3 Å². The first kappa shape index (κ1) is 19.8. The summed E-state index contributed by atoms with van der Waals surface area (Å²) in [5, 5.41) is 4.39. The monoisotopic (exact) mass is 404 g/mol. The third kappa shape index (κ3) is 4.25. The van der Waals surface area contributed by atoms with Crippen molar-refractivity contribution in [1.82, 2.24) is 19.7 Å². The van der Waals surface area contributed by atoms with Gasteiger partial charge >= 0.3 is 5.97 Å². The minimum absolute atomic E-state index is 0.0600. The molecule has 1 amide bonds. The van der Waals surface area contributed by atoms with E-state index in [1.807, 2.05) is 36.9 Å². The first-order valence-electron chi connectivity index (χ1n) is 10.1. The number of ether oxygens (including phenoxy) is 1. The Kier molecular flexibility index (Phi) is 5.61. The van der Waals surface area contributed by atoms with Crippen molar-refractivity contribution >= 4 is 11.9 Å². The van der Waals surface area contributed by atoms with Crippen LogP contribution in [0.15, 0.2) is 48.7 Å². The standard InChI is InChI=1S/C23H24N4O3/c1-16-13-17(2)27(25-16)21-10-9-20(14-24-21)23(29)30-15-18-5-7-19(8-6-18)22(28)26-11-3-4-12-26/h5-10,13-14H,3-4,11-12,15H2,1-2H3. The molecule has 1 saturated heterocycles. The number of aromatic nitrogens is 3. The zero-order chi connectivity index (χ0) is 21.1. The van der Waals surface area contributed by atoms with Crippen molar-refractivity contribution in [2.75, 3.05) is 13.1 Å². The van der Waals surface area contributed by atoms with Crippen LogP contribution < -0.4 is 0 Å². The van der Waals surface area contributed by atoms with Crippen LogP contribution in [0, 0.1) is 13.8 Å². The molecule has 0 spiro atoms. The summed E-state index contributed by atoms with van der Waals surface area (Å²) in [4.78, 5) is 30.9. The maximum atomic E-state index is 12.4. The van der Waals surface area contributed by atoms with E-state index in [0.29, 0.717) is 16.9 Å². The lowest BCUT2D eigenvalue weighted by Gasteiger charge is -2.15. The molecule has 0 bridgehead atoms. The Hall–Kier alpha value is -3.48. The molecule has 0 aliphatic carbocycles. The predicted octanol–water partition coefficient (Wildman–Crippen LogP) is 3.48. The second-order valence-electron chi connectivity index (χ2n) is 7.52. The van der Waals surface area contributed by atoms with Crippen molar-refractivity contribution in [3.05, 3.63) is 76.7 Å². The summed E-state index contributed by atoms with van der Waals surface area (Å²) in [5.74, 6) is 0.264. The van der Waals surface area contributed by atoms with Crippen LogP contribution in [0.25, 0.3) is 5.82 Å². The topological polar surface area (TPSA) is 77.3 Å². The Balaban J connectivity index is 1.35. The molecule has 3 aromatic rings. The maximum absolute atomic E-state index is 12.4. The van der Waals surface area contributed by atoms with E-state index in [0.717, 1.165) is 42.9 Å². The van der Waals surface area contributed by atoms with Crippen LogP contribution in [-0.4, -0.2) is 44.6 Å². The molecule has 4 rings (SSSR count). The second-order valence-corrected chi connectivity index (χ2v) is 7.52. The molecule has 1 aliphatic rings. The van der Waals surface area contributed by atoms with E-state index < -0.39 is 5.97 Å². The molecule has 2 aromatic heterocycles. The van der Waals surface area contributed by atoms with Crippen LogP contribution in [0.5, 0.6) is 0 Å². The number of rotatable bonds is 5. The first-order valence-corrected chi connectivity index (χ1v) is 10.1. The van der Waals surface area contributed by atoms with Gasteiger partial charge in [0.1, 0.15) is 6.61 Å². The quantitative estimate of drug-likeness (QED) is 0.609.